The van der Waals surface area contributed by atoms with Gasteiger partial charge in [-0.15, -0.1) is 0 Å². The van der Waals surface area contributed by atoms with Gasteiger partial charge in [0.05, 0.1) is 17.8 Å². The summed E-state index contributed by atoms with van der Waals surface area (Å²) in [6.07, 6.45) is 3.15. The molecule has 0 spiro atoms. The third-order valence-electron chi connectivity index (χ3n) is 4.34. The predicted molar refractivity (Wildman–Crippen MR) is 82.9 cm³/mol. The van der Waals surface area contributed by atoms with Crippen LogP contribution in [-0.4, -0.2) is 37.8 Å². The van der Waals surface area contributed by atoms with Gasteiger partial charge in [-0.2, -0.15) is 5.10 Å². The number of nitrogens with one attached hydrogen (secondary N) is 1. The normalized spacial score (nSPS) is 22.0. The number of fused-ring (bicyclic) bond motifs is 1. The average Bonchev–Trinajstić information content (AvgIpc) is 2.78. The molecule has 2 heterocycles. The first-order valence-electron chi connectivity index (χ1n) is 7.80. The number of amides is 1. The Morgan fingerprint density at radius 2 is 2.05 bits per heavy atom. The Kier molecular flexibility index (Phi) is 3.87. The van der Waals surface area contributed by atoms with E-state index in [0.29, 0.717) is 16.9 Å². The highest BCUT2D eigenvalue weighted by Crippen LogP contribution is 2.21. The molecule has 2 aromatic rings. The standard InChI is InChI=1S/C16H22N4O2/c1-9-8-10(2)20-15(17-9)14(11(3)19-20)16(22)18-12-6-4-5-7-13(12)21/h8,12-13,21H,4-7H2,1-3H3,(H,18,22). The quantitative estimate of drug-likeness (QED) is 0.884. The lowest BCUT2D eigenvalue weighted by molar-refractivity contribution is 0.0718. The molecular formula is C16H22N4O2. The zero-order chi connectivity index (χ0) is 15.9. The van der Waals surface area contributed by atoms with Crippen LogP contribution in [0.5, 0.6) is 0 Å². The lowest BCUT2D eigenvalue weighted by Crippen LogP contribution is -2.45. The van der Waals surface area contributed by atoms with Gasteiger partial charge in [0.15, 0.2) is 5.65 Å². The van der Waals surface area contributed by atoms with Crippen molar-refractivity contribution in [2.75, 3.05) is 0 Å². The number of carbonyl (C=O) groups excluding carboxylic acids is 1. The molecule has 2 aromatic heterocycles. The van der Waals surface area contributed by atoms with Gasteiger partial charge in [-0.3, -0.25) is 4.79 Å². The summed E-state index contributed by atoms with van der Waals surface area (Å²) in [5.74, 6) is -0.198. The second kappa shape index (κ2) is 5.68. The second-order valence-corrected chi connectivity index (χ2v) is 6.17. The fourth-order valence-electron chi connectivity index (χ4n) is 3.21. The second-order valence-electron chi connectivity index (χ2n) is 6.17. The number of aromatic nitrogens is 3. The molecule has 0 saturated heterocycles. The lowest BCUT2D eigenvalue weighted by atomic mass is 9.92. The van der Waals surface area contributed by atoms with Crippen molar-refractivity contribution in [3.63, 3.8) is 0 Å². The maximum Gasteiger partial charge on any atom is 0.257 e. The van der Waals surface area contributed by atoms with Crippen LogP contribution in [0, 0.1) is 20.8 Å². The number of carbonyl (C=O) groups is 1. The van der Waals surface area contributed by atoms with Crippen LogP contribution in [0.2, 0.25) is 0 Å². The fourth-order valence-corrected chi connectivity index (χ4v) is 3.21. The first kappa shape index (κ1) is 15.0. The van der Waals surface area contributed by atoms with Crippen molar-refractivity contribution in [1.29, 1.82) is 0 Å². The van der Waals surface area contributed by atoms with Gasteiger partial charge < -0.3 is 10.4 Å². The van der Waals surface area contributed by atoms with Crippen LogP contribution in [-0.2, 0) is 0 Å². The maximum atomic E-state index is 12.7. The van der Waals surface area contributed by atoms with Crippen molar-refractivity contribution in [2.24, 2.45) is 0 Å². The van der Waals surface area contributed by atoms with Crippen molar-refractivity contribution in [3.8, 4) is 0 Å². The first-order valence-corrected chi connectivity index (χ1v) is 7.80. The van der Waals surface area contributed by atoms with Crippen LogP contribution < -0.4 is 5.32 Å². The number of aliphatic hydroxyl groups is 1. The highest BCUT2D eigenvalue weighted by molar-refractivity contribution is 6.01. The number of aliphatic hydroxyl groups excluding tert-OH is 1. The summed E-state index contributed by atoms with van der Waals surface area (Å²) in [5.41, 5.74) is 3.55. The monoisotopic (exact) mass is 302 g/mol. The van der Waals surface area contributed by atoms with E-state index in [1.807, 2.05) is 26.8 Å². The zero-order valence-corrected chi connectivity index (χ0v) is 13.3. The van der Waals surface area contributed by atoms with E-state index >= 15 is 0 Å². The summed E-state index contributed by atoms with van der Waals surface area (Å²) in [7, 11) is 0. The molecule has 6 nitrogen and oxygen atoms in total. The molecule has 2 unspecified atom stereocenters. The first-order chi connectivity index (χ1) is 10.5. The topological polar surface area (TPSA) is 79.5 Å². The molecule has 1 saturated carbocycles. The summed E-state index contributed by atoms with van der Waals surface area (Å²) in [6.45, 7) is 5.66. The van der Waals surface area contributed by atoms with E-state index in [1.54, 1.807) is 4.52 Å². The van der Waals surface area contributed by atoms with Crippen LogP contribution >= 0.6 is 0 Å². The molecule has 0 aromatic carbocycles. The van der Waals surface area contributed by atoms with Gasteiger partial charge in [0.2, 0.25) is 0 Å². The molecule has 3 rings (SSSR count). The van der Waals surface area contributed by atoms with Gasteiger partial charge in [-0.05, 0) is 39.7 Å². The van der Waals surface area contributed by atoms with Crippen molar-refractivity contribution < 1.29 is 9.90 Å². The number of nitrogens with zero attached hydrogens (tertiary/aromatic N) is 3. The van der Waals surface area contributed by atoms with Crippen LogP contribution in [0.1, 0.15) is 53.1 Å². The molecule has 118 valence electrons. The Hall–Kier alpha value is -1.95. The van der Waals surface area contributed by atoms with E-state index in [-0.39, 0.29) is 11.9 Å². The Bertz CT molecular complexity index is 722. The van der Waals surface area contributed by atoms with Gasteiger partial charge in [-0.1, -0.05) is 12.8 Å². The maximum absolute atomic E-state index is 12.7. The largest absolute Gasteiger partial charge is 0.391 e. The van der Waals surface area contributed by atoms with Gasteiger partial charge in [0, 0.05) is 11.4 Å². The minimum absolute atomic E-state index is 0.179. The van der Waals surface area contributed by atoms with Crippen LogP contribution in [0.25, 0.3) is 5.65 Å². The van der Waals surface area contributed by atoms with E-state index < -0.39 is 6.10 Å². The van der Waals surface area contributed by atoms with E-state index in [4.69, 9.17) is 0 Å². The summed E-state index contributed by atoms with van der Waals surface area (Å²) in [6, 6.07) is 1.76. The lowest BCUT2D eigenvalue weighted by Gasteiger charge is -2.28. The molecule has 0 radical (unpaired) electrons. The molecular weight excluding hydrogens is 280 g/mol. The van der Waals surface area contributed by atoms with Crippen LogP contribution in [0.3, 0.4) is 0 Å². The minimum atomic E-state index is -0.462. The number of hydrogen-bond donors (Lipinski definition) is 2. The Labute approximate surface area is 129 Å². The van der Waals surface area contributed by atoms with Gasteiger partial charge in [0.25, 0.3) is 5.91 Å². The van der Waals surface area contributed by atoms with E-state index in [0.717, 1.165) is 37.1 Å². The molecule has 2 N–H and O–H groups in total. The number of aryl methyl sites for hydroxylation is 3. The van der Waals surface area contributed by atoms with Crippen molar-refractivity contribution in [3.05, 3.63) is 28.7 Å². The molecule has 1 amide bonds. The third kappa shape index (κ3) is 2.59. The average molecular weight is 302 g/mol. The summed E-state index contributed by atoms with van der Waals surface area (Å²) in [4.78, 5) is 17.1. The highest BCUT2D eigenvalue weighted by Gasteiger charge is 2.27. The Morgan fingerprint density at radius 3 is 2.77 bits per heavy atom. The van der Waals surface area contributed by atoms with Crippen LogP contribution in [0.15, 0.2) is 6.07 Å². The minimum Gasteiger partial charge on any atom is -0.391 e. The van der Waals surface area contributed by atoms with Crippen molar-refractivity contribution >= 4 is 11.6 Å². The number of hydrogen-bond acceptors (Lipinski definition) is 4. The molecule has 0 bridgehead atoms. The molecule has 1 aliphatic carbocycles. The zero-order valence-electron chi connectivity index (χ0n) is 13.3. The molecule has 1 aliphatic rings. The SMILES string of the molecule is Cc1cc(C)n2nc(C)c(C(=O)NC3CCCCC3O)c2n1. The predicted octanol–water partition coefficient (Wildman–Crippen LogP) is 1.69. The summed E-state index contributed by atoms with van der Waals surface area (Å²) in [5, 5.41) is 17.4. The molecule has 1 fully saturated rings. The van der Waals surface area contributed by atoms with E-state index in [1.165, 1.54) is 0 Å². The van der Waals surface area contributed by atoms with Crippen molar-refractivity contribution in [2.45, 2.75) is 58.6 Å². The Balaban J connectivity index is 1.95. The van der Waals surface area contributed by atoms with Crippen LogP contribution in [0.4, 0.5) is 0 Å². The summed E-state index contributed by atoms with van der Waals surface area (Å²) < 4.78 is 1.70. The fraction of sp³-hybridized carbons (Fsp3) is 0.562. The third-order valence-corrected chi connectivity index (χ3v) is 4.34. The smallest absolute Gasteiger partial charge is 0.257 e. The summed E-state index contributed by atoms with van der Waals surface area (Å²) >= 11 is 0. The van der Waals surface area contributed by atoms with Gasteiger partial charge in [-0.25, -0.2) is 9.50 Å². The van der Waals surface area contributed by atoms with Crippen molar-refractivity contribution in [1.82, 2.24) is 19.9 Å². The van der Waals surface area contributed by atoms with E-state index in [2.05, 4.69) is 15.4 Å². The van der Waals surface area contributed by atoms with Gasteiger partial charge in [0.1, 0.15) is 5.56 Å². The number of rotatable bonds is 2. The molecule has 2 atom stereocenters. The molecule has 6 heteroatoms. The molecule has 0 aliphatic heterocycles. The van der Waals surface area contributed by atoms with Gasteiger partial charge >= 0.3 is 0 Å². The highest BCUT2D eigenvalue weighted by atomic mass is 16.3. The Morgan fingerprint density at radius 1 is 1.32 bits per heavy atom. The molecule has 22 heavy (non-hydrogen) atoms. The van der Waals surface area contributed by atoms with E-state index in [9.17, 15) is 9.90 Å².